The summed E-state index contributed by atoms with van der Waals surface area (Å²) in [7, 11) is -3.61. The van der Waals surface area contributed by atoms with Crippen LogP contribution in [0.5, 0.6) is 0 Å². The zero-order valence-corrected chi connectivity index (χ0v) is 17.5. The Balaban J connectivity index is 1.59. The lowest BCUT2D eigenvalue weighted by atomic mass is 9.84. The highest BCUT2D eigenvalue weighted by atomic mass is 35.5. The minimum Gasteiger partial charge on any atom is -0.338 e. The van der Waals surface area contributed by atoms with Crippen LogP contribution in [0.1, 0.15) is 32.6 Å². The largest absolute Gasteiger partial charge is 0.338 e. The van der Waals surface area contributed by atoms with Gasteiger partial charge in [0.25, 0.3) is 0 Å². The molecule has 3 amide bonds. The Bertz CT molecular complexity index is 701. The van der Waals surface area contributed by atoms with Crippen molar-refractivity contribution in [3.05, 3.63) is 0 Å². The molecule has 2 heterocycles. The number of carbonyl (C=O) groups excluding carboxylic acids is 2. The van der Waals surface area contributed by atoms with Crippen molar-refractivity contribution in [3.63, 3.8) is 0 Å². The number of nitrogens with zero attached hydrogens (tertiary/aromatic N) is 2. The van der Waals surface area contributed by atoms with Crippen molar-refractivity contribution >= 4 is 33.6 Å². The van der Waals surface area contributed by atoms with Crippen LogP contribution in [0.3, 0.4) is 0 Å². The third kappa shape index (κ3) is 4.38. The van der Waals surface area contributed by atoms with Gasteiger partial charge in [-0.05, 0) is 25.2 Å². The van der Waals surface area contributed by atoms with Gasteiger partial charge in [0.15, 0.2) is 0 Å². The maximum atomic E-state index is 14.3. The summed E-state index contributed by atoms with van der Waals surface area (Å²) in [6.45, 7) is 3.12. The van der Waals surface area contributed by atoms with Gasteiger partial charge in [0.05, 0.1) is 10.6 Å². The normalized spacial score (nSPS) is 34.8. The number of hydrogen-bond acceptors (Lipinski definition) is 4. The second-order valence-electron chi connectivity index (χ2n) is 7.78. The van der Waals surface area contributed by atoms with Gasteiger partial charge >= 0.3 is 6.03 Å². The Morgan fingerprint density at radius 3 is 2.50 bits per heavy atom. The average Bonchev–Trinajstić information content (AvgIpc) is 3.11. The van der Waals surface area contributed by atoms with Crippen molar-refractivity contribution in [2.24, 2.45) is 5.92 Å². The summed E-state index contributed by atoms with van der Waals surface area (Å²) >= 11 is 6.14. The summed E-state index contributed by atoms with van der Waals surface area (Å²) in [5, 5.41) is 3.62. The summed E-state index contributed by atoms with van der Waals surface area (Å²) < 4.78 is 41.9. The number of rotatable bonds is 5. The highest BCUT2D eigenvalue weighted by Gasteiger charge is 2.44. The molecular formula is C17H28ClFN4O4S. The second-order valence-corrected chi connectivity index (χ2v) is 10.6. The van der Waals surface area contributed by atoms with Gasteiger partial charge in [0.2, 0.25) is 15.9 Å². The number of urea groups is 1. The number of nitrogens with one attached hydrogen (secondary N) is 2. The lowest BCUT2D eigenvalue weighted by Crippen LogP contribution is -2.56. The second kappa shape index (κ2) is 8.71. The highest BCUT2D eigenvalue weighted by Crippen LogP contribution is 2.37. The minimum absolute atomic E-state index is 0.115. The molecule has 0 aromatic rings. The first kappa shape index (κ1) is 21.6. The summed E-state index contributed by atoms with van der Waals surface area (Å²) in [6.07, 6.45) is 0.649. The molecule has 2 N–H and O–H groups in total. The van der Waals surface area contributed by atoms with Crippen molar-refractivity contribution in [1.82, 2.24) is 19.8 Å². The smallest absolute Gasteiger partial charge is 0.315 e. The fraction of sp³-hybridized carbons (Fsp3) is 0.882. The highest BCUT2D eigenvalue weighted by molar-refractivity contribution is 7.89. The van der Waals surface area contributed by atoms with Crippen LogP contribution in [0.25, 0.3) is 0 Å². The number of alkyl halides is 2. The molecule has 28 heavy (non-hydrogen) atoms. The molecule has 3 fully saturated rings. The molecule has 3 aliphatic rings. The molecule has 0 bridgehead atoms. The molecule has 1 saturated carbocycles. The van der Waals surface area contributed by atoms with Crippen LogP contribution < -0.4 is 10.6 Å². The van der Waals surface area contributed by atoms with E-state index in [0.717, 1.165) is 6.42 Å². The van der Waals surface area contributed by atoms with Crippen LogP contribution in [0.15, 0.2) is 0 Å². The molecule has 11 heteroatoms. The predicted molar refractivity (Wildman–Crippen MR) is 103 cm³/mol. The van der Waals surface area contributed by atoms with E-state index in [0.29, 0.717) is 12.8 Å². The van der Waals surface area contributed by atoms with Crippen LogP contribution in [0, 0.1) is 5.92 Å². The quantitative estimate of drug-likeness (QED) is 0.616. The van der Waals surface area contributed by atoms with E-state index in [4.69, 9.17) is 11.6 Å². The van der Waals surface area contributed by atoms with Crippen molar-refractivity contribution in [3.8, 4) is 0 Å². The van der Waals surface area contributed by atoms with Gasteiger partial charge in [0.1, 0.15) is 12.2 Å². The van der Waals surface area contributed by atoms with E-state index >= 15 is 0 Å². The van der Waals surface area contributed by atoms with E-state index in [9.17, 15) is 22.4 Å². The fourth-order valence-corrected chi connectivity index (χ4v) is 6.89. The van der Waals surface area contributed by atoms with Crippen molar-refractivity contribution in [2.75, 3.05) is 32.7 Å². The molecule has 8 nitrogen and oxygen atoms in total. The molecule has 2 saturated heterocycles. The molecule has 160 valence electrons. The number of carbonyl (C=O) groups is 2. The van der Waals surface area contributed by atoms with Crippen molar-refractivity contribution in [2.45, 2.75) is 55.4 Å². The molecule has 2 aliphatic heterocycles. The van der Waals surface area contributed by atoms with Gasteiger partial charge in [0, 0.05) is 32.7 Å². The molecule has 3 rings (SSSR count). The van der Waals surface area contributed by atoms with Crippen molar-refractivity contribution in [1.29, 1.82) is 0 Å². The number of hydrogen-bond donors (Lipinski definition) is 2. The minimum atomic E-state index is -3.61. The molecular weight excluding hydrogens is 411 g/mol. The third-order valence-electron chi connectivity index (χ3n) is 5.91. The number of sulfonamides is 1. The zero-order valence-electron chi connectivity index (χ0n) is 15.9. The zero-order chi connectivity index (χ0) is 20.5. The summed E-state index contributed by atoms with van der Waals surface area (Å²) in [4.78, 5) is 25.2. The molecule has 0 spiro atoms. The van der Waals surface area contributed by atoms with E-state index in [-0.39, 0.29) is 57.0 Å². The maximum absolute atomic E-state index is 14.3. The fourth-order valence-electron chi connectivity index (χ4n) is 4.33. The molecule has 5 unspecified atom stereocenters. The Morgan fingerprint density at radius 1 is 1.25 bits per heavy atom. The first-order chi connectivity index (χ1) is 13.2. The molecule has 0 aromatic heterocycles. The lowest BCUT2D eigenvalue weighted by Gasteiger charge is -2.40. The van der Waals surface area contributed by atoms with Gasteiger partial charge in [-0.3, -0.25) is 4.79 Å². The molecule has 0 radical (unpaired) electrons. The van der Waals surface area contributed by atoms with E-state index < -0.39 is 32.9 Å². The van der Waals surface area contributed by atoms with Crippen molar-refractivity contribution < 1.29 is 22.4 Å². The van der Waals surface area contributed by atoms with E-state index in [1.807, 2.05) is 6.92 Å². The first-order valence-electron chi connectivity index (χ1n) is 9.84. The van der Waals surface area contributed by atoms with E-state index in [1.54, 1.807) is 4.90 Å². The molecule has 0 aromatic carbocycles. The van der Waals surface area contributed by atoms with Crippen LogP contribution in [0.2, 0.25) is 0 Å². The number of amides is 3. The lowest BCUT2D eigenvalue weighted by molar-refractivity contribution is -0.133. The van der Waals surface area contributed by atoms with Crippen LogP contribution >= 0.6 is 11.6 Å². The molecule has 5 atom stereocenters. The SMILES string of the molecule is CCCC1CC(S(=O)(=O)N2CCN(C(=O)C3CNC(=O)N3)CC2)CC(Cl)C1F. The summed E-state index contributed by atoms with van der Waals surface area (Å²) in [5.74, 6) is -0.542. The third-order valence-corrected chi connectivity index (χ3v) is 8.64. The Labute approximate surface area is 170 Å². The Hall–Kier alpha value is -1.13. The summed E-state index contributed by atoms with van der Waals surface area (Å²) in [5.41, 5.74) is 0. The van der Waals surface area contributed by atoms with Gasteiger partial charge in [-0.2, -0.15) is 4.31 Å². The Morgan fingerprint density at radius 2 is 1.93 bits per heavy atom. The van der Waals surface area contributed by atoms with Gasteiger partial charge in [-0.15, -0.1) is 11.6 Å². The topological polar surface area (TPSA) is 98.8 Å². The van der Waals surface area contributed by atoms with Crippen LogP contribution in [-0.4, -0.2) is 85.1 Å². The maximum Gasteiger partial charge on any atom is 0.315 e. The number of piperazine rings is 1. The average molecular weight is 439 g/mol. The number of halogens is 2. The first-order valence-corrected chi connectivity index (χ1v) is 11.8. The van der Waals surface area contributed by atoms with Crippen LogP contribution in [-0.2, 0) is 14.8 Å². The van der Waals surface area contributed by atoms with Gasteiger partial charge in [-0.1, -0.05) is 13.3 Å². The van der Waals surface area contributed by atoms with Gasteiger partial charge in [-0.25, -0.2) is 17.6 Å². The predicted octanol–water partition coefficient (Wildman–Crippen LogP) is 0.666. The summed E-state index contributed by atoms with van der Waals surface area (Å²) in [6, 6.07) is -0.984. The molecule has 1 aliphatic carbocycles. The standard InChI is InChI=1S/C17H28ClFN4O4S/c1-2-3-11-8-12(9-13(18)15(11)19)28(26,27)23-6-4-22(5-7-23)16(24)14-10-20-17(25)21-14/h11-15H,2-10H2,1H3,(H2,20,21,25). The monoisotopic (exact) mass is 438 g/mol. The van der Waals surface area contributed by atoms with E-state index in [2.05, 4.69) is 10.6 Å². The van der Waals surface area contributed by atoms with E-state index in [1.165, 1.54) is 4.31 Å². The Kier molecular flexibility index (Phi) is 6.71. The van der Waals surface area contributed by atoms with Crippen LogP contribution in [0.4, 0.5) is 9.18 Å². The van der Waals surface area contributed by atoms with Gasteiger partial charge < -0.3 is 15.5 Å².